The summed E-state index contributed by atoms with van der Waals surface area (Å²) in [5.41, 5.74) is 2.20. The minimum atomic E-state index is -0.201. The molecular weight excluding hydrogens is 251 g/mol. The molecule has 0 amide bonds. The van der Waals surface area contributed by atoms with Crippen LogP contribution < -0.4 is 4.74 Å². The summed E-state index contributed by atoms with van der Waals surface area (Å²) in [4.78, 5) is 6.18. The van der Waals surface area contributed by atoms with Gasteiger partial charge >= 0.3 is 0 Å². The molecule has 0 N–H and O–H groups in total. The van der Waals surface area contributed by atoms with Crippen molar-refractivity contribution in [3.05, 3.63) is 35.0 Å². The number of ether oxygens (including phenoxy) is 1. The molecule has 96 valence electrons. The molecule has 1 heterocycles. The van der Waals surface area contributed by atoms with Crippen LogP contribution in [-0.4, -0.2) is 31.1 Å². The Hall–Kier alpha value is -1.46. The first kappa shape index (κ1) is 13.0. The molecule has 1 aromatic carbocycles. The van der Waals surface area contributed by atoms with Gasteiger partial charge in [-0.1, -0.05) is 23.5 Å². The highest BCUT2D eigenvalue weighted by atomic mass is 32.1. The van der Waals surface area contributed by atoms with E-state index in [4.69, 9.17) is 4.74 Å². The summed E-state index contributed by atoms with van der Waals surface area (Å²) >= 11 is 1.40. The van der Waals surface area contributed by atoms with Gasteiger partial charge in [0, 0.05) is 23.1 Å². The van der Waals surface area contributed by atoms with Gasteiger partial charge in [-0.2, -0.15) is 0 Å². The standard InChI is InChI=1S/C13H15FN2OS/c1-16(2)7-10-5-4-9(6-11(10)14)12-8-18-13(15-12)17-3/h4-6,8H,7H2,1-3H3. The largest absolute Gasteiger partial charge is 0.473 e. The fourth-order valence-electron chi connectivity index (χ4n) is 1.66. The van der Waals surface area contributed by atoms with Gasteiger partial charge in [0.25, 0.3) is 5.19 Å². The third-order valence-electron chi connectivity index (χ3n) is 2.49. The lowest BCUT2D eigenvalue weighted by molar-refractivity contribution is 0.392. The zero-order valence-electron chi connectivity index (χ0n) is 10.6. The average molecular weight is 266 g/mol. The maximum Gasteiger partial charge on any atom is 0.273 e. The maximum atomic E-state index is 13.9. The van der Waals surface area contributed by atoms with Crippen molar-refractivity contribution in [2.24, 2.45) is 0 Å². The molecule has 2 rings (SSSR count). The van der Waals surface area contributed by atoms with Gasteiger partial charge in [-0.25, -0.2) is 9.37 Å². The summed E-state index contributed by atoms with van der Waals surface area (Å²) in [6.45, 7) is 0.590. The smallest absolute Gasteiger partial charge is 0.273 e. The van der Waals surface area contributed by atoms with Crippen molar-refractivity contribution in [2.45, 2.75) is 6.54 Å². The van der Waals surface area contributed by atoms with Gasteiger partial charge in [-0.15, -0.1) is 0 Å². The van der Waals surface area contributed by atoms with Crippen LogP contribution in [0.4, 0.5) is 4.39 Å². The highest BCUT2D eigenvalue weighted by Crippen LogP contribution is 2.27. The quantitative estimate of drug-likeness (QED) is 0.850. The normalized spacial score (nSPS) is 10.9. The van der Waals surface area contributed by atoms with E-state index in [1.807, 2.05) is 30.4 Å². The van der Waals surface area contributed by atoms with E-state index in [1.165, 1.54) is 17.4 Å². The van der Waals surface area contributed by atoms with E-state index in [0.717, 1.165) is 11.3 Å². The third kappa shape index (κ3) is 2.86. The van der Waals surface area contributed by atoms with E-state index in [0.29, 0.717) is 17.3 Å². The minimum absolute atomic E-state index is 0.201. The van der Waals surface area contributed by atoms with Gasteiger partial charge in [0.15, 0.2) is 0 Å². The first-order valence-electron chi connectivity index (χ1n) is 5.53. The molecule has 0 spiro atoms. The molecule has 18 heavy (non-hydrogen) atoms. The Morgan fingerprint density at radius 1 is 1.39 bits per heavy atom. The van der Waals surface area contributed by atoms with Crippen molar-refractivity contribution in [2.75, 3.05) is 21.2 Å². The lowest BCUT2D eigenvalue weighted by Crippen LogP contribution is -2.11. The highest BCUT2D eigenvalue weighted by Gasteiger charge is 2.09. The van der Waals surface area contributed by atoms with Crippen LogP contribution in [0.1, 0.15) is 5.56 Å². The number of benzene rings is 1. The number of aromatic nitrogens is 1. The maximum absolute atomic E-state index is 13.9. The van der Waals surface area contributed by atoms with Gasteiger partial charge in [0.05, 0.1) is 12.8 Å². The molecule has 0 bridgehead atoms. The highest BCUT2D eigenvalue weighted by molar-refractivity contribution is 7.11. The van der Waals surface area contributed by atoms with Crippen LogP contribution in [0.3, 0.4) is 0 Å². The lowest BCUT2D eigenvalue weighted by atomic mass is 10.1. The molecule has 0 atom stereocenters. The van der Waals surface area contributed by atoms with Crippen LogP contribution >= 0.6 is 11.3 Å². The van der Waals surface area contributed by atoms with E-state index >= 15 is 0 Å². The molecule has 0 unspecified atom stereocenters. The molecular formula is C13H15FN2OS. The second-order valence-electron chi connectivity index (χ2n) is 4.25. The monoisotopic (exact) mass is 266 g/mol. The molecule has 0 aliphatic heterocycles. The van der Waals surface area contributed by atoms with E-state index in [-0.39, 0.29) is 5.82 Å². The first-order chi connectivity index (χ1) is 8.60. The van der Waals surface area contributed by atoms with Crippen molar-refractivity contribution in [1.29, 1.82) is 0 Å². The van der Waals surface area contributed by atoms with Crippen molar-refractivity contribution in [3.63, 3.8) is 0 Å². The van der Waals surface area contributed by atoms with Gasteiger partial charge in [-0.05, 0) is 20.2 Å². The van der Waals surface area contributed by atoms with E-state index in [2.05, 4.69) is 4.98 Å². The van der Waals surface area contributed by atoms with E-state index in [9.17, 15) is 4.39 Å². The Morgan fingerprint density at radius 3 is 2.72 bits per heavy atom. The average Bonchev–Trinajstić information content (AvgIpc) is 2.80. The van der Waals surface area contributed by atoms with Crippen molar-refractivity contribution in [3.8, 4) is 16.5 Å². The fourth-order valence-corrected chi connectivity index (χ4v) is 2.31. The van der Waals surface area contributed by atoms with Gasteiger partial charge < -0.3 is 9.64 Å². The molecule has 0 fully saturated rings. The molecule has 5 heteroatoms. The summed E-state index contributed by atoms with van der Waals surface area (Å²) in [6, 6.07) is 5.21. The summed E-state index contributed by atoms with van der Waals surface area (Å²) in [7, 11) is 5.40. The number of hydrogen-bond acceptors (Lipinski definition) is 4. The van der Waals surface area contributed by atoms with Crippen LogP contribution in [0.25, 0.3) is 11.3 Å². The molecule has 0 saturated carbocycles. The number of halogens is 1. The SMILES string of the molecule is COc1nc(-c2ccc(CN(C)C)c(F)c2)cs1. The third-order valence-corrected chi connectivity index (χ3v) is 3.29. The number of methoxy groups -OCH3 is 1. The molecule has 0 radical (unpaired) electrons. The van der Waals surface area contributed by atoms with Crippen LogP contribution in [0, 0.1) is 5.82 Å². The first-order valence-corrected chi connectivity index (χ1v) is 6.41. The summed E-state index contributed by atoms with van der Waals surface area (Å²) < 4.78 is 18.9. The number of hydrogen-bond donors (Lipinski definition) is 0. The van der Waals surface area contributed by atoms with Crippen LogP contribution in [0.5, 0.6) is 5.19 Å². The zero-order chi connectivity index (χ0) is 13.1. The van der Waals surface area contributed by atoms with E-state index in [1.54, 1.807) is 13.2 Å². The minimum Gasteiger partial charge on any atom is -0.473 e. The fraction of sp³-hybridized carbons (Fsp3) is 0.308. The molecule has 1 aromatic heterocycles. The summed E-state index contributed by atoms with van der Waals surface area (Å²) in [6.07, 6.45) is 0. The van der Waals surface area contributed by atoms with Crippen LogP contribution in [-0.2, 0) is 6.54 Å². The van der Waals surface area contributed by atoms with Crippen LogP contribution in [0.2, 0.25) is 0 Å². The molecule has 0 saturated heterocycles. The number of nitrogens with zero attached hydrogens (tertiary/aromatic N) is 2. The Morgan fingerprint density at radius 2 is 2.17 bits per heavy atom. The van der Waals surface area contributed by atoms with Gasteiger partial charge in [0.1, 0.15) is 5.82 Å². The number of rotatable bonds is 4. The van der Waals surface area contributed by atoms with Gasteiger partial charge in [-0.3, -0.25) is 0 Å². The Labute approximate surface area is 110 Å². The molecule has 0 aliphatic rings. The van der Waals surface area contributed by atoms with Gasteiger partial charge in [0.2, 0.25) is 0 Å². The predicted octanol–water partition coefficient (Wildman–Crippen LogP) is 3.02. The predicted molar refractivity (Wildman–Crippen MR) is 71.5 cm³/mol. The second kappa shape index (κ2) is 5.46. The summed E-state index contributed by atoms with van der Waals surface area (Å²) in [5, 5.41) is 2.45. The Bertz CT molecular complexity index is 540. The topological polar surface area (TPSA) is 25.4 Å². The Kier molecular flexibility index (Phi) is 3.93. The van der Waals surface area contributed by atoms with Crippen molar-refractivity contribution in [1.82, 2.24) is 9.88 Å². The Balaban J connectivity index is 2.28. The number of thiazole rings is 1. The second-order valence-corrected chi connectivity index (χ2v) is 5.07. The zero-order valence-corrected chi connectivity index (χ0v) is 11.4. The van der Waals surface area contributed by atoms with Crippen LogP contribution in [0.15, 0.2) is 23.6 Å². The van der Waals surface area contributed by atoms with E-state index < -0.39 is 0 Å². The molecule has 0 aliphatic carbocycles. The van der Waals surface area contributed by atoms with Crippen molar-refractivity contribution < 1.29 is 9.13 Å². The molecule has 3 nitrogen and oxygen atoms in total. The summed E-state index contributed by atoms with van der Waals surface area (Å²) in [5.74, 6) is -0.201. The molecule has 2 aromatic rings. The van der Waals surface area contributed by atoms with Crippen molar-refractivity contribution >= 4 is 11.3 Å². The lowest BCUT2D eigenvalue weighted by Gasteiger charge is -2.10.